The fraction of sp³-hybridized carbons (Fsp3) is 0.167. The Morgan fingerprint density at radius 3 is 2.38 bits per heavy atom. The van der Waals surface area contributed by atoms with Gasteiger partial charge in [-0.1, -0.05) is 35.9 Å². The lowest BCUT2D eigenvalue weighted by Crippen LogP contribution is -2.11. The van der Waals surface area contributed by atoms with Crippen molar-refractivity contribution in [1.82, 2.24) is 4.57 Å². The second-order valence-electron chi connectivity index (χ2n) is 7.39. The van der Waals surface area contributed by atoms with E-state index in [-0.39, 0.29) is 0 Å². The minimum Gasteiger partial charge on any atom is -0.426 e. The van der Waals surface area contributed by atoms with Gasteiger partial charge in [-0.25, -0.2) is 0 Å². The van der Waals surface area contributed by atoms with E-state index in [1.165, 1.54) is 12.5 Å². The highest BCUT2D eigenvalue weighted by Crippen LogP contribution is 2.39. The number of aromatic nitrogens is 1. The van der Waals surface area contributed by atoms with Crippen molar-refractivity contribution in [2.45, 2.75) is 27.3 Å². The Bertz CT molecular complexity index is 1280. The third kappa shape index (κ3) is 3.36. The number of nitrogens with zero attached hydrogens (tertiary/aromatic N) is 1. The highest BCUT2D eigenvalue weighted by Gasteiger charge is 2.21. The molecule has 0 aliphatic heterocycles. The van der Waals surface area contributed by atoms with E-state index in [4.69, 9.17) is 10.5 Å². The van der Waals surface area contributed by atoms with Crippen LogP contribution < -0.4 is 10.5 Å². The quantitative estimate of drug-likeness (QED) is 0.415. The standard InChI is InChI=1S/C24H22N2O3/c1-14-6-4-7-17(10-14)13-26-19-9-5-8-18(24(25)28)22(19)23-20(26)11-15(2)12-21(23)29-16(3)27/h4-12H,13H2,1-3H3,(H2,25,28). The highest BCUT2D eigenvalue weighted by molar-refractivity contribution is 6.20. The Labute approximate surface area is 168 Å². The van der Waals surface area contributed by atoms with E-state index >= 15 is 0 Å². The topological polar surface area (TPSA) is 74.3 Å². The van der Waals surface area contributed by atoms with Gasteiger partial charge >= 0.3 is 5.97 Å². The van der Waals surface area contributed by atoms with Crippen LogP contribution in [0.2, 0.25) is 0 Å². The molecule has 0 atom stereocenters. The summed E-state index contributed by atoms with van der Waals surface area (Å²) in [6.45, 7) is 6.00. The third-order valence-corrected chi connectivity index (χ3v) is 5.04. The zero-order chi connectivity index (χ0) is 20.7. The summed E-state index contributed by atoms with van der Waals surface area (Å²) >= 11 is 0. The molecule has 1 aromatic heterocycles. The number of esters is 1. The van der Waals surface area contributed by atoms with Gasteiger partial charge in [0.1, 0.15) is 5.75 Å². The first-order valence-corrected chi connectivity index (χ1v) is 9.44. The maximum absolute atomic E-state index is 12.2. The number of carbonyl (C=O) groups is 2. The number of nitrogens with two attached hydrogens (primary N) is 1. The zero-order valence-corrected chi connectivity index (χ0v) is 16.7. The zero-order valence-electron chi connectivity index (χ0n) is 16.7. The van der Waals surface area contributed by atoms with E-state index < -0.39 is 11.9 Å². The first-order valence-electron chi connectivity index (χ1n) is 9.44. The largest absolute Gasteiger partial charge is 0.426 e. The number of fused-ring (bicyclic) bond motifs is 3. The minimum atomic E-state index is -0.514. The number of hydrogen-bond donors (Lipinski definition) is 1. The molecular weight excluding hydrogens is 364 g/mol. The van der Waals surface area contributed by atoms with Crippen LogP contribution in [0.15, 0.2) is 54.6 Å². The number of hydrogen-bond acceptors (Lipinski definition) is 3. The van der Waals surface area contributed by atoms with Gasteiger partial charge in [0.2, 0.25) is 5.91 Å². The maximum atomic E-state index is 12.2. The molecule has 1 amide bonds. The second-order valence-corrected chi connectivity index (χ2v) is 7.39. The molecule has 0 saturated carbocycles. The molecule has 3 aromatic carbocycles. The van der Waals surface area contributed by atoms with Gasteiger partial charge in [-0.05, 0) is 49.2 Å². The van der Waals surface area contributed by atoms with Crippen molar-refractivity contribution < 1.29 is 14.3 Å². The van der Waals surface area contributed by atoms with Crippen molar-refractivity contribution in [2.75, 3.05) is 0 Å². The molecule has 0 fully saturated rings. The van der Waals surface area contributed by atoms with E-state index in [9.17, 15) is 9.59 Å². The first kappa shape index (κ1) is 18.7. The Hall–Kier alpha value is -3.60. The Morgan fingerprint density at radius 2 is 1.69 bits per heavy atom. The predicted octanol–water partition coefficient (Wildman–Crippen LogP) is 4.48. The first-order chi connectivity index (χ1) is 13.8. The molecule has 29 heavy (non-hydrogen) atoms. The summed E-state index contributed by atoms with van der Waals surface area (Å²) in [5, 5.41) is 1.43. The lowest BCUT2D eigenvalue weighted by atomic mass is 10.0. The highest BCUT2D eigenvalue weighted by atomic mass is 16.5. The van der Waals surface area contributed by atoms with E-state index in [1.54, 1.807) is 6.07 Å². The Balaban J connectivity index is 2.11. The second kappa shape index (κ2) is 7.09. The monoisotopic (exact) mass is 386 g/mol. The molecule has 0 unspecified atom stereocenters. The van der Waals surface area contributed by atoms with Crippen LogP contribution in [0.4, 0.5) is 0 Å². The van der Waals surface area contributed by atoms with Crippen molar-refractivity contribution in [2.24, 2.45) is 5.73 Å². The van der Waals surface area contributed by atoms with Crippen molar-refractivity contribution in [3.63, 3.8) is 0 Å². The number of benzene rings is 3. The average Bonchev–Trinajstić information content (AvgIpc) is 2.95. The molecule has 146 valence electrons. The van der Waals surface area contributed by atoms with Crippen molar-refractivity contribution in [3.05, 3.63) is 76.9 Å². The van der Waals surface area contributed by atoms with Gasteiger partial charge < -0.3 is 15.0 Å². The predicted molar refractivity (Wildman–Crippen MR) is 114 cm³/mol. The van der Waals surface area contributed by atoms with E-state index in [1.807, 2.05) is 37.3 Å². The summed E-state index contributed by atoms with van der Waals surface area (Å²) in [6, 6.07) is 17.7. The Kier molecular flexibility index (Phi) is 4.59. The van der Waals surface area contributed by atoms with Crippen LogP contribution in [0.1, 0.15) is 34.0 Å². The summed E-state index contributed by atoms with van der Waals surface area (Å²) in [4.78, 5) is 23.9. The van der Waals surface area contributed by atoms with Crippen molar-refractivity contribution >= 4 is 33.7 Å². The summed E-state index contributed by atoms with van der Waals surface area (Å²) in [7, 11) is 0. The van der Waals surface area contributed by atoms with Crippen LogP contribution >= 0.6 is 0 Å². The summed E-state index contributed by atoms with van der Waals surface area (Å²) in [5.74, 6) is -0.484. The van der Waals surface area contributed by atoms with E-state index in [0.717, 1.165) is 27.5 Å². The fourth-order valence-corrected chi connectivity index (χ4v) is 3.96. The number of carbonyl (C=O) groups excluding carboxylic acids is 2. The molecular formula is C24H22N2O3. The molecule has 1 heterocycles. The molecule has 4 rings (SSSR count). The SMILES string of the molecule is CC(=O)Oc1cc(C)cc2c1c1c(C(N)=O)cccc1n2Cc1cccc(C)c1. The number of amides is 1. The van der Waals surface area contributed by atoms with Crippen LogP contribution in [-0.4, -0.2) is 16.4 Å². The molecule has 0 aliphatic carbocycles. The van der Waals surface area contributed by atoms with Crippen molar-refractivity contribution in [3.8, 4) is 5.75 Å². The fourth-order valence-electron chi connectivity index (χ4n) is 3.96. The Morgan fingerprint density at radius 1 is 0.931 bits per heavy atom. The van der Waals surface area contributed by atoms with E-state index in [0.29, 0.717) is 23.2 Å². The average molecular weight is 386 g/mol. The number of ether oxygens (including phenoxy) is 1. The van der Waals surface area contributed by atoms with Crippen LogP contribution in [0, 0.1) is 13.8 Å². The van der Waals surface area contributed by atoms with Crippen LogP contribution in [0.5, 0.6) is 5.75 Å². The normalized spacial score (nSPS) is 11.1. The van der Waals surface area contributed by atoms with Gasteiger partial charge in [-0.3, -0.25) is 9.59 Å². The molecule has 5 heteroatoms. The van der Waals surface area contributed by atoms with Gasteiger partial charge in [0.05, 0.1) is 16.4 Å². The molecule has 0 saturated heterocycles. The van der Waals surface area contributed by atoms with E-state index in [2.05, 4.69) is 29.7 Å². The van der Waals surface area contributed by atoms with Gasteiger partial charge in [0, 0.05) is 24.4 Å². The molecule has 2 N–H and O–H groups in total. The smallest absolute Gasteiger partial charge is 0.308 e. The molecule has 0 radical (unpaired) electrons. The molecule has 0 bridgehead atoms. The van der Waals surface area contributed by atoms with Crippen molar-refractivity contribution in [1.29, 1.82) is 0 Å². The van der Waals surface area contributed by atoms with Gasteiger partial charge in [-0.15, -0.1) is 0 Å². The van der Waals surface area contributed by atoms with Gasteiger partial charge in [0.25, 0.3) is 0 Å². The number of rotatable bonds is 4. The number of primary amides is 1. The minimum absolute atomic E-state index is 0.409. The van der Waals surface area contributed by atoms with Crippen LogP contribution in [-0.2, 0) is 11.3 Å². The number of aryl methyl sites for hydroxylation is 2. The van der Waals surface area contributed by atoms with Gasteiger partial charge in [0.15, 0.2) is 0 Å². The molecule has 5 nitrogen and oxygen atoms in total. The lowest BCUT2D eigenvalue weighted by molar-refractivity contribution is -0.131. The summed E-state index contributed by atoms with van der Waals surface area (Å²) in [6.07, 6.45) is 0. The molecule has 0 spiro atoms. The van der Waals surface area contributed by atoms with Crippen LogP contribution in [0.3, 0.4) is 0 Å². The maximum Gasteiger partial charge on any atom is 0.308 e. The third-order valence-electron chi connectivity index (χ3n) is 5.04. The summed E-state index contributed by atoms with van der Waals surface area (Å²) in [5.41, 5.74) is 11.1. The van der Waals surface area contributed by atoms with Gasteiger partial charge in [-0.2, -0.15) is 0 Å². The molecule has 0 aliphatic rings. The lowest BCUT2D eigenvalue weighted by Gasteiger charge is -2.10. The molecule has 4 aromatic rings. The summed E-state index contributed by atoms with van der Waals surface area (Å²) < 4.78 is 7.67. The van der Waals surface area contributed by atoms with Crippen LogP contribution in [0.25, 0.3) is 21.8 Å².